The Labute approximate surface area is 186 Å². The van der Waals surface area contributed by atoms with Gasteiger partial charge >= 0.3 is 0 Å². The second kappa shape index (κ2) is 9.52. The number of ether oxygens (including phenoxy) is 3. The fourth-order valence-electron chi connectivity index (χ4n) is 3.97. The molecular formula is C25H26FNO3S. The lowest BCUT2D eigenvalue weighted by molar-refractivity contribution is 0.323. The van der Waals surface area contributed by atoms with Crippen molar-refractivity contribution >= 4 is 17.4 Å². The highest BCUT2D eigenvalue weighted by Gasteiger charge is 2.25. The first-order valence-corrected chi connectivity index (χ1v) is 11.1. The molecule has 1 heterocycles. The van der Waals surface area contributed by atoms with Crippen molar-refractivity contribution in [3.8, 4) is 17.2 Å². The maximum Gasteiger partial charge on any atom is 0.203 e. The minimum absolute atomic E-state index is 0.203. The fraction of sp³-hybridized carbons (Fsp3) is 0.280. The van der Waals surface area contributed by atoms with Gasteiger partial charge in [-0.25, -0.2) is 4.39 Å². The number of hydrogen-bond donors (Lipinski definition) is 0. The zero-order valence-electron chi connectivity index (χ0n) is 17.9. The van der Waals surface area contributed by atoms with Crippen molar-refractivity contribution in [2.45, 2.75) is 23.1 Å². The van der Waals surface area contributed by atoms with E-state index in [9.17, 15) is 4.39 Å². The Morgan fingerprint density at radius 1 is 0.935 bits per heavy atom. The van der Waals surface area contributed by atoms with Crippen LogP contribution in [-0.4, -0.2) is 27.9 Å². The van der Waals surface area contributed by atoms with Gasteiger partial charge in [0.05, 0.1) is 27.0 Å². The molecule has 1 aliphatic heterocycles. The maximum absolute atomic E-state index is 13.7. The Balaban J connectivity index is 1.67. The lowest BCUT2D eigenvalue weighted by Crippen LogP contribution is -2.24. The van der Waals surface area contributed by atoms with E-state index in [1.165, 1.54) is 16.6 Å². The van der Waals surface area contributed by atoms with Crippen LogP contribution in [-0.2, 0) is 6.54 Å². The molecule has 3 aromatic rings. The lowest BCUT2D eigenvalue weighted by Gasteiger charge is -2.24. The van der Waals surface area contributed by atoms with E-state index in [0.717, 1.165) is 24.1 Å². The van der Waals surface area contributed by atoms with Gasteiger partial charge in [0.2, 0.25) is 5.75 Å². The van der Waals surface area contributed by atoms with Crippen molar-refractivity contribution in [1.82, 2.24) is 0 Å². The molecule has 1 unspecified atom stereocenters. The molecule has 31 heavy (non-hydrogen) atoms. The summed E-state index contributed by atoms with van der Waals surface area (Å²) >= 11 is 1.83. The molecule has 1 aliphatic rings. The maximum atomic E-state index is 13.7. The van der Waals surface area contributed by atoms with Crippen LogP contribution in [0.3, 0.4) is 0 Å². The van der Waals surface area contributed by atoms with E-state index in [2.05, 4.69) is 29.2 Å². The second-order valence-corrected chi connectivity index (χ2v) is 8.62. The van der Waals surface area contributed by atoms with E-state index in [1.54, 1.807) is 33.5 Å². The summed E-state index contributed by atoms with van der Waals surface area (Å²) in [7, 11) is 4.88. The van der Waals surface area contributed by atoms with Gasteiger partial charge < -0.3 is 19.1 Å². The Kier molecular flexibility index (Phi) is 6.56. The fourth-order valence-corrected chi connectivity index (χ4v) is 5.24. The quantitative estimate of drug-likeness (QED) is 0.464. The van der Waals surface area contributed by atoms with Crippen molar-refractivity contribution in [3.05, 3.63) is 77.6 Å². The number of fused-ring (bicyclic) bond motifs is 1. The molecule has 0 saturated carbocycles. The van der Waals surface area contributed by atoms with Gasteiger partial charge in [0.25, 0.3) is 0 Å². The molecule has 0 spiro atoms. The molecule has 1 atom stereocenters. The average Bonchev–Trinajstić information content (AvgIpc) is 2.98. The number of rotatable bonds is 6. The topological polar surface area (TPSA) is 30.9 Å². The number of para-hydroxylation sites is 1. The van der Waals surface area contributed by atoms with Crippen LogP contribution >= 0.6 is 11.8 Å². The predicted octanol–water partition coefficient (Wildman–Crippen LogP) is 6.10. The predicted molar refractivity (Wildman–Crippen MR) is 123 cm³/mol. The van der Waals surface area contributed by atoms with Gasteiger partial charge in [-0.05, 0) is 53.9 Å². The number of anilines is 1. The molecule has 0 radical (unpaired) electrons. The summed E-state index contributed by atoms with van der Waals surface area (Å²) in [4.78, 5) is 3.53. The SMILES string of the molecule is COc1cc(C2CCN(Cc3cccc(F)c3)c3ccccc3S2)cc(OC)c1OC. The summed E-state index contributed by atoms with van der Waals surface area (Å²) in [6, 6.07) is 19.3. The molecule has 0 aromatic heterocycles. The summed E-state index contributed by atoms with van der Waals surface area (Å²) in [5.41, 5.74) is 3.26. The van der Waals surface area contributed by atoms with Crippen molar-refractivity contribution in [3.63, 3.8) is 0 Å². The van der Waals surface area contributed by atoms with E-state index in [-0.39, 0.29) is 11.1 Å². The van der Waals surface area contributed by atoms with E-state index in [0.29, 0.717) is 23.8 Å². The van der Waals surface area contributed by atoms with Crippen LogP contribution in [0.2, 0.25) is 0 Å². The molecule has 0 bridgehead atoms. The third kappa shape index (κ3) is 4.59. The minimum atomic E-state index is -0.203. The highest BCUT2D eigenvalue weighted by molar-refractivity contribution is 7.99. The van der Waals surface area contributed by atoms with E-state index < -0.39 is 0 Å². The number of benzene rings is 3. The second-order valence-electron chi connectivity index (χ2n) is 7.37. The van der Waals surface area contributed by atoms with Gasteiger partial charge in [-0.2, -0.15) is 0 Å². The van der Waals surface area contributed by atoms with Crippen LogP contribution in [0.1, 0.15) is 22.8 Å². The Morgan fingerprint density at radius 3 is 2.35 bits per heavy atom. The zero-order chi connectivity index (χ0) is 21.8. The molecule has 0 N–H and O–H groups in total. The van der Waals surface area contributed by atoms with Gasteiger partial charge in [-0.15, -0.1) is 11.8 Å². The van der Waals surface area contributed by atoms with Gasteiger partial charge in [-0.3, -0.25) is 0 Å². The summed E-state index contributed by atoms with van der Waals surface area (Å²) in [6.45, 7) is 1.51. The third-order valence-corrected chi connectivity index (χ3v) is 6.85. The smallest absolute Gasteiger partial charge is 0.203 e. The standard InChI is InChI=1S/C25H26FNO3S/c1-28-21-14-18(15-22(29-2)25(21)30-3)23-11-12-27(16-17-7-6-8-19(26)13-17)20-9-4-5-10-24(20)31-23/h4-10,13-15,23H,11-12,16H2,1-3H3. The Bertz CT molecular complexity index is 1030. The lowest BCUT2D eigenvalue weighted by atomic mass is 10.1. The van der Waals surface area contributed by atoms with Crippen molar-refractivity contribution in [2.24, 2.45) is 0 Å². The zero-order valence-corrected chi connectivity index (χ0v) is 18.7. The summed E-state index contributed by atoms with van der Waals surface area (Å²) < 4.78 is 30.3. The minimum Gasteiger partial charge on any atom is -0.493 e. The molecule has 6 heteroatoms. The van der Waals surface area contributed by atoms with Gasteiger partial charge in [0.1, 0.15) is 5.82 Å². The summed E-state index contributed by atoms with van der Waals surface area (Å²) in [5, 5.41) is 0.215. The molecule has 0 fully saturated rings. The van der Waals surface area contributed by atoms with Crippen LogP contribution in [0, 0.1) is 5.82 Å². The summed E-state index contributed by atoms with van der Waals surface area (Å²) in [6.07, 6.45) is 0.924. The number of hydrogen-bond acceptors (Lipinski definition) is 5. The molecular weight excluding hydrogens is 413 g/mol. The monoisotopic (exact) mass is 439 g/mol. The molecule has 4 nitrogen and oxygen atoms in total. The number of halogens is 1. The van der Waals surface area contributed by atoms with Gasteiger partial charge in [0.15, 0.2) is 11.5 Å². The number of thioether (sulfide) groups is 1. The first kappa shape index (κ1) is 21.4. The third-order valence-electron chi connectivity index (χ3n) is 5.46. The van der Waals surface area contributed by atoms with Crippen LogP contribution < -0.4 is 19.1 Å². The molecule has 0 aliphatic carbocycles. The van der Waals surface area contributed by atoms with Crippen LogP contribution in [0.4, 0.5) is 10.1 Å². The van der Waals surface area contributed by atoms with Gasteiger partial charge in [0, 0.05) is 23.2 Å². The van der Waals surface area contributed by atoms with Crippen LogP contribution in [0.5, 0.6) is 17.2 Å². The molecule has 0 saturated heterocycles. The first-order chi connectivity index (χ1) is 15.1. The van der Waals surface area contributed by atoms with Gasteiger partial charge in [-0.1, -0.05) is 24.3 Å². The van der Waals surface area contributed by atoms with Crippen molar-refractivity contribution in [2.75, 3.05) is 32.8 Å². The van der Waals surface area contributed by atoms with Crippen molar-refractivity contribution in [1.29, 1.82) is 0 Å². The number of nitrogens with zero attached hydrogens (tertiary/aromatic N) is 1. The molecule has 162 valence electrons. The normalized spacial score (nSPS) is 15.7. The van der Waals surface area contributed by atoms with E-state index >= 15 is 0 Å². The van der Waals surface area contributed by atoms with E-state index in [1.807, 2.05) is 30.0 Å². The number of methoxy groups -OCH3 is 3. The van der Waals surface area contributed by atoms with Crippen LogP contribution in [0.25, 0.3) is 0 Å². The van der Waals surface area contributed by atoms with E-state index in [4.69, 9.17) is 14.2 Å². The highest BCUT2D eigenvalue weighted by atomic mass is 32.2. The Hall–Kier alpha value is -2.86. The largest absolute Gasteiger partial charge is 0.493 e. The molecule has 0 amide bonds. The molecule has 3 aromatic carbocycles. The highest BCUT2D eigenvalue weighted by Crippen LogP contribution is 2.48. The summed E-state index contributed by atoms with van der Waals surface area (Å²) in [5.74, 6) is 1.71. The van der Waals surface area contributed by atoms with Crippen molar-refractivity contribution < 1.29 is 18.6 Å². The average molecular weight is 440 g/mol. The Morgan fingerprint density at radius 2 is 1.68 bits per heavy atom. The first-order valence-electron chi connectivity index (χ1n) is 10.2. The molecule has 4 rings (SSSR count). The van der Waals surface area contributed by atoms with Crippen LogP contribution in [0.15, 0.2) is 65.6 Å².